The van der Waals surface area contributed by atoms with Crippen molar-refractivity contribution in [1.29, 1.82) is 5.26 Å². The van der Waals surface area contributed by atoms with Gasteiger partial charge < -0.3 is 4.72 Å². The summed E-state index contributed by atoms with van der Waals surface area (Å²) in [6, 6.07) is 17.0. The van der Waals surface area contributed by atoms with Crippen LogP contribution in [0.2, 0.25) is 0 Å². The third-order valence-electron chi connectivity index (χ3n) is 4.67. The average Bonchev–Trinajstić information content (AvgIpc) is 3.46. The predicted molar refractivity (Wildman–Crippen MR) is 132 cm³/mol. The van der Waals surface area contributed by atoms with Crippen molar-refractivity contribution in [2.45, 2.75) is 25.2 Å². The molecule has 0 amide bonds. The number of thiazole rings is 2. The van der Waals surface area contributed by atoms with E-state index in [1.54, 1.807) is 17.5 Å². The number of benzene rings is 2. The quantitative estimate of drug-likeness (QED) is 0.234. The third-order valence-corrected chi connectivity index (χ3v) is 7.16. The van der Waals surface area contributed by atoms with Crippen LogP contribution in [0.4, 0.5) is 5.13 Å². The summed E-state index contributed by atoms with van der Waals surface area (Å²) in [6.45, 7) is 4.18. The van der Waals surface area contributed by atoms with Gasteiger partial charge in [-0.3, -0.25) is 0 Å². The second kappa shape index (κ2) is 9.92. The van der Waals surface area contributed by atoms with Gasteiger partial charge in [-0.15, -0.1) is 22.7 Å². The molecular weight excluding hydrogens is 440 g/mol. The van der Waals surface area contributed by atoms with Crippen LogP contribution in [0, 0.1) is 25.2 Å². The Labute approximate surface area is 194 Å². The molecule has 4 aromatic rings. The van der Waals surface area contributed by atoms with E-state index in [0.717, 1.165) is 31.9 Å². The maximum Gasteiger partial charge on any atom is 0.192 e. The van der Waals surface area contributed by atoms with Gasteiger partial charge in [-0.1, -0.05) is 42.0 Å². The highest BCUT2D eigenvalue weighted by atomic mass is 32.2. The number of nitriles is 1. The maximum atomic E-state index is 9.66. The highest BCUT2D eigenvalue weighted by molar-refractivity contribution is 8.00. The fourth-order valence-corrected chi connectivity index (χ4v) is 5.12. The summed E-state index contributed by atoms with van der Waals surface area (Å²) in [4.78, 5) is 10.0. The fraction of sp³-hybridized carbons (Fsp3) is 0.125. The largest absolute Gasteiger partial charge is 0.302 e. The summed E-state index contributed by atoms with van der Waals surface area (Å²) < 4.78 is 3.23. The number of rotatable bonds is 7. The molecule has 0 spiro atoms. The lowest BCUT2D eigenvalue weighted by molar-refractivity contribution is 1.24. The Morgan fingerprint density at radius 3 is 2.71 bits per heavy atom. The molecule has 31 heavy (non-hydrogen) atoms. The van der Waals surface area contributed by atoms with Crippen molar-refractivity contribution >= 4 is 45.3 Å². The Bertz CT molecular complexity index is 1230. The zero-order valence-electron chi connectivity index (χ0n) is 17.1. The molecule has 1 N–H and O–H groups in total. The Morgan fingerprint density at radius 1 is 1.16 bits per heavy atom. The first-order chi connectivity index (χ1) is 15.1. The van der Waals surface area contributed by atoms with Crippen molar-refractivity contribution in [3.8, 4) is 17.3 Å². The van der Waals surface area contributed by atoms with Crippen LogP contribution in [0.5, 0.6) is 0 Å². The number of aryl methyl sites for hydroxylation is 2. The van der Waals surface area contributed by atoms with Crippen molar-refractivity contribution < 1.29 is 0 Å². The molecule has 4 nitrogen and oxygen atoms in total. The summed E-state index contributed by atoms with van der Waals surface area (Å²) in [5.41, 5.74) is 6.24. The Balaban J connectivity index is 1.43. The van der Waals surface area contributed by atoms with Crippen molar-refractivity contribution in [3.05, 3.63) is 87.2 Å². The number of nitrogens with one attached hydrogen (secondary N) is 1. The Morgan fingerprint density at radius 2 is 2.00 bits per heavy atom. The molecule has 0 unspecified atom stereocenters. The van der Waals surface area contributed by atoms with Crippen LogP contribution in [-0.4, -0.2) is 9.97 Å². The van der Waals surface area contributed by atoms with Crippen LogP contribution in [0.3, 0.4) is 0 Å². The molecule has 0 atom stereocenters. The predicted octanol–water partition coefficient (Wildman–Crippen LogP) is 7.15. The van der Waals surface area contributed by atoms with E-state index >= 15 is 0 Å². The number of allylic oxidation sites excluding steroid dienone is 2. The van der Waals surface area contributed by atoms with Crippen LogP contribution >= 0.6 is 34.6 Å². The molecule has 0 radical (unpaired) electrons. The zero-order chi connectivity index (χ0) is 21.6. The molecule has 2 heterocycles. The molecule has 4 rings (SSSR count). The van der Waals surface area contributed by atoms with E-state index in [9.17, 15) is 5.26 Å². The van der Waals surface area contributed by atoms with Gasteiger partial charge in [0.25, 0.3) is 0 Å². The molecule has 2 aromatic heterocycles. The van der Waals surface area contributed by atoms with Gasteiger partial charge in [0.1, 0.15) is 11.1 Å². The van der Waals surface area contributed by atoms with Gasteiger partial charge in [0.15, 0.2) is 5.13 Å². The topological polar surface area (TPSA) is 61.6 Å². The summed E-state index contributed by atoms with van der Waals surface area (Å²) in [6.07, 6.45) is 4.43. The number of nitrogens with zero attached hydrogens (tertiary/aromatic N) is 3. The number of hydrogen-bond acceptors (Lipinski definition) is 7. The molecule has 0 saturated heterocycles. The lowest BCUT2D eigenvalue weighted by Crippen LogP contribution is -1.88. The van der Waals surface area contributed by atoms with Crippen LogP contribution in [0.25, 0.3) is 16.8 Å². The second-order valence-electron chi connectivity index (χ2n) is 6.98. The first-order valence-corrected chi connectivity index (χ1v) is 12.2. The van der Waals surface area contributed by atoms with Gasteiger partial charge in [0.05, 0.1) is 11.3 Å². The molecule has 2 aromatic carbocycles. The van der Waals surface area contributed by atoms with Crippen molar-refractivity contribution in [2.75, 3.05) is 4.72 Å². The lowest BCUT2D eigenvalue weighted by Gasteiger charge is -2.04. The SMILES string of the molecule is Cc1ccc(-c2csc(/C(C#N)=C\Cc3ccc(SNc4nccs4)cc3)n2)c(C)c1. The molecular formula is C24H20N4S3. The molecule has 0 aliphatic carbocycles. The normalized spacial score (nSPS) is 11.3. The standard InChI is InChI=1S/C24H20N4S3/c1-16-3-10-21(17(2)13-16)22-15-30-23(27-22)19(14-25)7-4-18-5-8-20(9-6-18)31-28-24-26-11-12-29-24/h3,5-13,15H,4H2,1-2H3,(H,26,28)/b19-7-. The van der Waals surface area contributed by atoms with E-state index in [1.807, 2.05) is 16.8 Å². The first-order valence-electron chi connectivity index (χ1n) is 9.67. The van der Waals surface area contributed by atoms with E-state index in [0.29, 0.717) is 12.0 Å². The molecule has 0 fully saturated rings. The van der Waals surface area contributed by atoms with Crippen molar-refractivity contribution in [1.82, 2.24) is 9.97 Å². The minimum absolute atomic E-state index is 0.616. The van der Waals surface area contributed by atoms with Gasteiger partial charge in [-0.25, -0.2) is 9.97 Å². The van der Waals surface area contributed by atoms with Gasteiger partial charge in [-0.05, 0) is 55.5 Å². The van der Waals surface area contributed by atoms with Gasteiger partial charge in [0, 0.05) is 27.4 Å². The van der Waals surface area contributed by atoms with Crippen molar-refractivity contribution in [3.63, 3.8) is 0 Å². The summed E-state index contributed by atoms with van der Waals surface area (Å²) in [5, 5.41) is 15.3. The van der Waals surface area contributed by atoms with Crippen LogP contribution in [0.15, 0.2) is 70.4 Å². The van der Waals surface area contributed by atoms with Gasteiger partial charge in [-0.2, -0.15) is 5.26 Å². The van der Waals surface area contributed by atoms with Crippen LogP contribution < -0.4 is 4.72 Å². The summed E-state index contributed by atoms with van der Waals surface area (Å²) >= 11 is 4.62. The van der Waals surface area contributed by atoms with E-state index in [2.05, 4.69) is 72.1 Å². The van der Waals surface area contributed by atoms with E-state index in [-0.39, 0.29) is 0 Å². The first kappa shape index (κ1) is 21.3. The minimum Gasteiger partial charge on any atom is -0.302 e. The second-order valence-corrected chi connectivity index (χ2v) is 9.61. The molecule has 0 aliphatic heterocycles. The molecule has 0 bridgehead atoms. The minimum atomic E-state index is 0.616. The maximum absolute atomic E-state index is 9.66. The molecule has 0 aliphatic rings. The average molecular weight is 461 g/mol. The van der Waals surface area contributed by atoms with Gasteiger partial charge in [0.2, 0.25) is 0 Å². The van der Waals surface area contributed by atoms with E-state index < -0.39 is 0 Å². The van der Waals surface area contributed by atoms with Crippen molar-refractivity contribution in [2.24, 2.45) is 0 Å². The number of aromatic nitrogens is 2. The summed E-state index contributed by atoms with van der Waals surface area (Å²) in [7, 11) is 0. The van der Waals surface area contributed by atoms with E-state index in [4.69, 9.17) is 4.98 Å². The highest BCUT2D eigenvalue weighted by Crippen LogP contribution is 2.29. The Hall–Kier alpha value is -2.92. The highest BCUT2D eigenvalue weighted by Gasteiger charge is 2.10. The molecule has 7 heteroatoms. The zero-order valence-corrected chi connectivity index (χ0v) is 19.6. The summed E-state index contributed by atoms with van der Waals surface area (Å²) in [5.74, 6) is 0. The number of hydrogen-bond donors (Lipinski definition) is 1. The third kappa shape index (κ3) is 5.42. The smallest absolute Gasteiger partial charge is 0.192 e. The van der Waals surface area contributed by atoms with Crippen LogP contribution in [0.1, 0.15) is 21.7 Å². The Kier molecular flexibility index (Phi) is 6.82. The van der Waals surface area contributed by atoms with Gasteiger partial charge >= 0.3 is 0 Å². The van der Waals surface area contributed by atoms with E-state index in [1.165, 1.54) is 34.4 Å². The lowest BCUT2D eigenvalue weighted by atomic mass is 10.0. The fourth-order valence-electron chi connectivity index (χ4n) is 3.09. The molecule has 0 saturated carbocycles. The number of anilines is 1. The monoisotopic (exact) mass is 460 g/mol. The van der Waals surface area contributed by atoms with Crippen LogP contribution in [-0.2, 0) is 6.42 Å². The molecule has 154 valence electrons.